The van der Waals surface area contributed by atoms with Crippen LogP contribution in [0.25, 0.3) is 0 Å². The number of ether oxygens (including phenoxy) is 2. The Morgan fingerprint density at radius 3 is 2.14 bits per heavy atom. The van der Waals surface area contributed by atoms with Gasteiger partial charge in [-0.25, -0.2) is 0 Å². The van der Waals surface area contributed by atoms with Gasteiger partial charge in [0.05, 0.1) is 25.6 Å². The molecule has 176 valence electrons. The Morgan fingerprint density at radius 2 is 1.49 bits per heavy atom. The van der Waals surface area contributed by atoms with Crippen molar-refractivity contribution in [2.24, 2.45) is 10.2 Å². The number of hydrogen-bond donors (Lipinski definition) is 1. The van der Waals surface area contributed by atoms with Gasteiger partial charge in [0.25, 0.3) is 5.91 Å². The summed E-state index contributed by atoms with van der Waals surface area (Å²) in [5.41, 5.74) is 5.97. The molecule has 0 aliphatic carbocycles. The van der Waals surface area contributed by atoms with Crippen LogP contribution < -0.4 is 14.8 Å². The van der Waals surface area contributed by atoms with Crippen molar-refractivity contribution in [1.82, 2.24) is 0 Å². The normalized spacial score (nSPS) is 10.8. The molecule has 4 rings (SSSR count). The fourth-order valence-electron chi connectivity index (χ4n) is 3.58. The summed E-state index contributed by atoms with van der Waals surface area (Å²) in [5.74, 6) is 1.31. The van der Waals surface area contributed by atoms with E-state index < -0.39 is 0 Å². The lowest BCUT2D eigenvalue weighted by molar-refractivity contribution is 0.102. The van der Waals surface area contributed by atoms with Gasteiger partial charge in [-0.15, -0.1) is 0 Å². The van der Waals surface area contributed by atoms with E-state index in [1.807, 2.05) is 91.9 Å². The van der Waals surface area contributed by atoms with Crippen LogP contribution in [0.5, 0.6) is 11.5 Å². The monoisotopic (exact) mass is 465 g/mol. The van der Waals surface area contributed by atoms with Gasteiger partial charge in [0.1, 0.15) is 11.5 Å². The van der Waals surface area contributed by atoms with E-state index >= 15 is 0 Å². The SMILES string of the molecule is COc1ccc(Cc2cccc(C(=O)Nc3ccc(N=Nc4ccc(C)cc4)cc3)c2)c(OC)c1. The predicted octanol–water partition coefficient (Wildman–Crippen LogP) is 7.27. The number of anilines is 1. The lowest BCUT2D eigenvalue weighted by atomic mass is 10.0. The number of aryl methyl sites for hydroxylation is 1. The van der Waals surface area contributed by atoms with Gasteiger partial charge in [-0.1, -0.05) is 35.9 Å². The van der Waals surface area contributed by atoms with Crippen molar-refractivity contribution in [3.05, 3.63) is 113 Å². The van der Waals surface area contributed by atoms with E-state index in [-0.39, 0.29) is 5.91 Å². The van der Waals surface area contributed by atoms with E-state index in [9.17, 15) is 4.79 Å². The molecular weight excluding hydrogens is 438 g/mol. The summed E-state index contributed by atoms with van der Waals surface area (Å²) >= 11 is 0. The molecule has 0 radical (unpaired) electrons. The van der Waals surface area contributed by atoms with Crippen molar-refractivity contribution in [3.63, 3.8) is 0 Å². The minimum absolute atomic E-state index is 0.178. The first kappa shape index (κ1) is 23.7. The molecular formula is C29H27N3O3. The first-order valence-electron chi connectivity index (χ1n) is 11.2. The average Bonchev–Trinajstić information content (AvgIpc) is 2.89. The highest BCUT2D eigenvalue weighted by molar-refractivity contribution is 6.04. The Balaban J connectivity index is 1.41. The molecule has 0 aliphatic heterocycles. The number of nitrogens with one attached hydrogen (secondary N) is 1. The van der Waals surface area contributed by atoms with Gasteiger partial charge in [-0.3, -0.25) is 4.79 Å². The molecule has 1 N–H and O–H groups in total. The van der Waals surface area contributed by atoms with Crippen molar-refractivity contribution in [2.75, 3.05) is 19.5 Å². The fourth-order valence-corrected chi connectivity index (χ4v) is 3.58. The molecule has 0 unspecified atom stereocenters. The molecule has 0 fully saturated rings. The summed E-state index contributed by atoms with van der Waals surface area (Å²) in [6.45, 7) is 2.03. The molecule has 0 bridgehead atoms. The van der Waals surface area contributed by atoms with E-state index in [0.29, 0.717) is 23.4 Å². The largest absolute Gasteiger partial charge is 0.497 e. The highest BCUT2D eigenvalue weighted by atomic mass is 16.5. The zero-order valence-electron chi connectivity index (χ0n) is 20.0. The molecule has 4 aromatic rings. The number of methoxy groups -OCH3 is 2. The van der Waals surface area contributed by atoms with Crippen LogP contribution in [0.2, 0.25) is 0 Å². The van der Waals surface area contributed by atoms with E-state index in [1.54, 1.807) is 20.3 Å². The second-order valence-corrected chi connectivity index (χ2v) is 8.09. The lowest BCUT2D eigenvalue weighted by Crippen LogP contribution is -2.12. The van der Waals surface area contributed by atoms with Crippen LogP contribution in [-0.4, -0.2) is 20.1 Å². The van der Waals surface area contributed by atoms with Crippen molar-refractivity contribution in [1.29, 1.82) is 0 Å². The molecule has 6 heteroatoms. The number of carbonyl (C=O) groups is 1. The molecule has 4 aromatic carbocycles. The van der Waals surface area contributed by atoms with Gasteiger partial charge >= 0.3 is 0 Å². The van der Waals surface area contributed by atoms with Gasteiger partial charge in [-0.2, -0.15) is 10.2 Å². The summed E-state index contributed by atoms with van der Waals surface area (Å²) in [7, 11) is 3.26. The number of nitrogens with zero attached hydrogens (tertiary/aromatic N) is 2. The maximum absolute atomic E-state index is 12.9. The highest BCUT2D eigenvalue weighted by Gasteiger charge is 2.10. The summed E-state index contributed by atoms with van der Waals surface area (Å²) in [6, 6.07) is 28.4. The average molecular weight is 466 g/mol. The van der Waals surface area contributed by atoms with Crippen LogP contribution in [0.1, 0.15) is 27.0 Å². The maximum atomic E-state index is 12.9. The van der Waals surface area contributed by atoms with Gasteiger partial charge in [0, 0.05) is 23.7 Å². The van der Waals surface area contributed by atoms with Crippen LogP contribution >= 0.6 is 0 Å². The molecule has 0 aromatic heterocycles. The van der Waals surface area contributed by atoms with Crippen LogP contribution in [-0.2, 0) is 6.42 Å². The molecule has 0 atom stereocenters. The van der Waals surface area contributed by atoms with Gasteiger partial charge in [-0.05, 0) is 72.6 Å². The number of carbonyl (C=O) groups excluding carboxylic acids is 1. The lowest BCUT2D eigenvalue weighted by Gasteiger charge is -2.11. The van der Waals surface area contributed by atoms with E-state index in [1.165, 1.54) is 5.56 Å². The molecule has 1 amide bonds. The number of hydrogen-bond acceptors (Lipinski definition) is 5. The number of benzene rings is 4. The Kier molecular flexibility index (Phi) is 7.53. The standard InChI is InChI=1S/C29H27N3O3/c1-20-7-10-25(11-8-20)31-32-26-14-12-24(13-15-26)30-29(33)23-6-4-5-21(18-23)17-22-9-16-27(34-2)19-28(22)35-3/h4-16,18-19H,17H2,1-3H3,(H,30,33). The molecule has 0 heterocycles. The molecule has 0 saturated carbocycles. The number of amides is 1. The molecule has 0 saturated heterocycles. The number of azo groups is 1. The Bertz CT molecular complexity index is 1330. The predicted molar refractivity (Wildman–Crippen MR) is 139 cm³/mol. The summed E-state index contributed by atoms with van der Waals surface area (Å²) in [4.78, 5) is 12.9. The van der Waals surface area contributed by atoms with Crippen molar-refractivity contribution in [3.8, 4) is 11.5 Å². The van der Waals surface area contributed by atoms with Gasteiger partial charge in [0.2, 0.25) is 0 Å². The van der Waals surface area contributed by atoms with Crippen molar-refractivity contribution >= 4 is 23.0 Å². The summed E-state index contributed by atoms with van der Waals surface area (Å²) in [6.07, 6.45) is 0.634. The molecule has 6 nitrogen and oxygen atoms in total. The third-order valence-corrected chi connectivity index (χ3v) is 5.52. The van der Waals surface area contributed by atoms with Crippen molar-refractivity contribution < 1.29 is 14.3 Å². The molecule has 35 heavy (non-hydrogen) atoms. The third kappa shape index (κ3) is 6.32. The zero-order chi connectivity index (χ0) is 24.6. The summed E-state index contributed by atoms with van der Waals surface area (Å²) in [5, 5.41) is 11.4. The van der Waals surface area contributed by atoms with Gasteiger partial charge in [0.15, 0.2) is 0 Å². The van der Waals surface area contributed by atoms with Gasteiger partial charge < -0.3 is 14.8 Å². The smallest absolute Gasteiger partial charge is 0.255 e. The summed E-state index contributed by atoms with van der Waals surface area (Å²) < 4.78 is 10.8. The van der Waals surface area contributed by atoms with E-state index in [4.69, 9.17) is 9.47 Å². The molecule has 0 aliphatic rings. The second-order valence-electron chi connectivity index (χ2n) is 8.09. The van der Waals surface area contributed by atoms with E-state index in [2.05, 4.69) is 15.5 Å². The first-order valence-corrected chi connectivity index (χ1v) is 11.2. The van der Waals surface area contributed by atoms with Crippen LogP contribution in [0.4, 0.5) is 17.1 Å². The van der Waals surface area contributed by atoms with Crippen LogP contribution in [0, 0.1) is 6.92 Å². The van der Waals surface area contributed by atoms with Crippen LogP contribution in [0.3, 0.4) is 0 Å². The second kappa shape index (κ2) is 11.1. The maximum Gasteiger partial charge on any atom is 0.255 e. The third-order valence-electron chi connectivity index (χ3n) is 5.52. The Morgan fingerprint density at radius 1 is 0.800 bits per heavy atom. The quantitative estimate of drug-likeness (QED) is 0.278. The zero-order valence-corrected chi connectivity index (χ0v) is 20.0. The molecule has 0 spiro atoms. The minimum atomic E-state index is -0.178. The topological polar surface area (TPSA) is 72.3 Å². The fraction of sp³-hybridized carbons (Fsp3) is 0.138. The van der Waals surface area contributed by atoms with E-state index in [0.717, 1.165) is 28.3 Å². The Labute approximate surface area is 205 Å². The first-order chi connectivity index (χ1) is 17.0. The van der Waals surface area contributed by atoms with Crippen LogP contribution in [0.15, 0.2) is 101 Å². The highest BCUT2D eigenvalue weighted by Crippen LogP contribution is 2.27. The minimum Gasteiger partial charge on any atom is -0.497 e. The van der Waals surface area contributed by atoms with Crippen molar-refractivity contribution in [2.45, 2.75) is 13.3 Å². The Hall–Kier alpha value is -4.45. The number of rotatable bonds is 8.